The number of carboxylic acid groups (broad SMARTS) is 1. The molecule has 0 saturated carbocycles. The Morgan fingerprint density at radius 1 is 0.957 bits per heavy atom. The minimum absolute atomic E-state index is 0.277. The number of carbonyl (C=O) groups is 1. The van der Waals surface area contributed by atoms with E-state index in [1.54, 1.807) is 0 Å². The van der Waals surface area contributed by atoms with Gasteiger partial charge in [-0.25, -0.2) is 4.79 Å². The highest BCUT2D eigenvalue weighted by atomic mass is 16.5. The zero-order chi connectivity index (χ0) is 16.8. The molecule has 0 bridgehead atoms. The lowest BCUT2D eigenvalue weighted by atomic mass is 10.0. The predicted molar refractivity (Wildman–Crippen MR) is 92.1 cm³/mol. The third-order valence-electron chi connectivity index (χ3n) is 3.71. The van der Waals surface area contributed by atoms with Gasteiger partial charge in [0.05, 0.1) is 6.61 Å². The lowest BCUT2D eigenvalue weighted by Gasteiger charge is -2.07. The van der Waals surface area contributed by atoms with Crippen LogP contribution in [-0.4, -0.2) is 30.9 Å². The van der Waals surface area contributed by atoms with Gasteiger partial charge in [0, 0.05) is 0 Å². The van der Waals surface area contributed by atoms with Gasteiger partial charge in [-0.2, -0.15) is 0 Å². The average molecular weight is 322 g/mol. The van der Waals surface area contributed by atoms with E-state index in [2.05, 4.69) is 19.1 Å². The van der Waals surface area contributed by atoms with Crippen LogP contribution in [0.3, 0.4) is 0 Å². The molecular weight excluding hydrogens is 292 g/mol. The number of rotatable bonds is 14. The first-order valence-electron chi connectivity index (χ1n) is 8.73. The van der Waals surface area contributed by atoms with Crippen molar-refractivity contribution in [2.75, 3.05) is 19.8 Å². The maximum absolute atomic E-state index is 10.3. The summed E-state index contributed by atoms with van der Waals surface area (Å²) in [6.07, 6.45) is 10.4. The minimum Gasteiger partial charge on any atom is -0.491 e. The Morgan fingerprint density at radius 3 is 2.26 bits per heavy atom. The SMILES string of the molecule is CCCCCCCCCc1ccc(OCCOCC(=O)O)cc1. The van der Waals surface area contributed by atoms with E-state index in [-0.39, 0.29) is 13.2 Å². The highest BCUT2D eigenvalue weighted by molar-refractivity contribution is 5.67. The second kappa shape index (κ2) is 12.9. The van der Waals surface area contributed by atoms with Crippen molar-refractivity contribution in [1.29, 1.82) is 0 Å². The van der Waals surface area contributed by atoms with Crippen molar-refractivity contribution in [1.82, 2.24) is 0 Å². The average Bonchev–Trinajstić information content (AvgIpc) is 2.55. The zero-order valence-electron chi connectivity index (χ0n) is 14.3. The third-order valence-corrected chi connectivity index (χ3v) is 3.71. The maximum atomic E-state index is 10.3. The first-order valence-corrected chi connectivity index (χ1v) is 8.73. The molecule has 0 fully saturated rings. The Morgan fingerprint density at radius 2 is 1.61 bits per heavy atom. The number of aryl methyl sites for hydroxylation is 1. The number of ether oxygens (including phenoxy) is 2. The first kappa shape index (κ1) is 19.5. The molecule has 0 aromatic heterocycles. The van der Waals surface area contributed by atoms with Crippen LogP contribution in [0.2, 0.25) is 0 Å². The topological polar surface area (TPSA) is 55.8 Å². The molecule has 130 valence electrons. The number of hydrogen-bond donors (Lipinski definition) is 1. The normalized spacial score (nSPS) is 10.7. The summed E-state index contributed by atoms with van der Waals surface area (Å²) in [7, 11) is 0. The monoisotopic (exact) mass is 322 g/mol. The lowest BCUT2D eigenvalue weighted by molar-refractivity contribution is -0.142. The van der Waals surface area contributed by atoms with Gasteiger partial charge < -0.3 is 14.6 Å². The molecule has 23 heavy (non-hydrogen) atoms. The van der Waals surface area contributed by atoms with E-state index in [0.717, 1.165) is 12.2 Å². The summed E-state index contributed by atoms with van der Waals surface area (Å²) in [5.41, 5.74) is 1.34. The van der Waals surface area contributed by atoms with Crippen molar-refractivity contribution in [3.8, 4) is 5.75 Å². The molecule has 1 aromatic rings. The van der Waals surface area contributed by atoms with Gasteiger partial charge in [0.2, 0.25) is 0 Å². The van der Waals surface area contributed by atoms with Crippen molar-refractivity contribution < 1.29 is 19.4 Å². The summed E-state index contributed by atoms with van der Waals surface area (Å²) >= 11 is 0. The molecule has 4 nitrogen and oxygen atoms in total. The highest BCUT2D eigenvalue weighted by Crippen LogP contribution is 2.15. The van der Waals surface area contributed by atoms with E-state index >= 15 is 0 Å². The molecule has 0 aliphatic rings. The van der Waals surface area contributed by atoms with E-state index < -0.39 is 5.97 Å². The van der Waals surface area contributed by atoms with E-state index in [9.17, 15) is 4.79 Å². The minimum atomic E-state index is -0.959. The van der Waals surface area contributed by atoms with E-state index in [4.69, 9.17) is 14.6 Å². The number of aliphatic carboxylic acids is 1. The number of benzene rings is 1. The number of carboxylic acids is 1. The summed E-state index contributed by atoms with van der Waals surface area (Å²) in [4.78, 5) is 10.3. The lowest BCUT2D eigenvalue weighted by Crippen LogP contribution is -2.12. The van der Waals surface area contributed by atoms with Crippen LogP contribution in [-0.2, 0) is 16.0 Å². The first-order chi connectivity index (χ1) is 11.2. The molecule has 0 amide bonds. The Balaban J connectivity index is 2.07. The Bertz CT molecular complexity index is 414. The van der Waals surface area contributed by atoms with E-state index in [0.29, 0.717) is 6.61 Å². The summed E-state index contributed by atoms with van der Waals surface area (Å²) in [6.45, 7) is 2.62. The standard InChI is InChI=1S/C19H30O4/c1-2-3-4-5-6-7-8-9-17-10-12-18(13-11-17)23-15-14-22-16-19(20)21/h10-13H,2-9,14-16H2,1H3,(H,20,21). The summed E-state index contributed by atoms with van der Waals surface area (Å²) in [6, 6.07) is 8.14. The summed E-state index contributed by atoms with van der Waals surface area (Å²) < 4.78 is 10.4. The molecule has 0 saturated heterocycles. The zero-order valence-corrected chi connectivity index (χ0v) is 14.3. The van der Waals surface area contributed by atoms with E-state index in [1.807, 2.05) is 12.1 Å². The van der Waals surface area contributed by atoms with Crippen molar-refractivity contribution in [3.63, 3.8) is 0 Å². The van der Waals surface area contributed by atoms with Crippen LogP contribution in [0.25, 0.3) is 0 Å². The summed E-state index contributed by atoms with van der Waals surface area (Å²) in [5.74, 6) is -0.160. The van der Waals surface area contributed by atoms with Gasteiger partial charge in [-0.3, -0.25) is 0 Å². The van der Waals surface area contributed by atoms with Gasteiger partial charge in [0.25, 0.3) is 0 Å². The molecular formula is C19H30O4. The number of unbranched alkanes of at least 4 members (excludes halogenated alkanes) is 6. The van der Waals surface area contributed by atoms with Crippen molar-refractivity contribution >= 4 is 5.97 Å². The van der Waals surface area contributed by atoms with E-state index in [1.165, 1.54) is 50.5 Å². The van der Waals surface area contributed by atoms with Crippen molar-refractivity contribution in [2.45, 2.75) is 58.3 Å². The molecule has 0 radical (unpaired) electrons. The Hall–Kier alpha value is -1.55. The smallest absolute Gasteiger partial charge is 0.329 e. The van der Waals surface area contributed by atoms with Crippen LogP contribution in [0, 0.1) is 0 Å². The van der Waals surface area contributed by atoms with Gasteiger partial charge in [-0.1, -0.05) is 57.6 Å². The molecule has 1 aromatic carbocycles. The van der Waals surface area contributed by atoms with Crippen LogP contribution >= 0.6 is 0 Å². The second-order valence-electron chi connectivity index (χ2n) is 5.81. The van der Waals surface area contributed by atoms with Gasteiger partial charge in [-0.15, -0.1) is 0 Å². The van der Waals surface area contributed by atoms with Gasteiger partial charge in [0.15, 0.2) is 0 Å². The fourth-order valence-corrected chi connectivity index (χ4v) is 2.42. The fraction of sp³-hybridized carbons (Fsp3) is 0.632. The van der Waals surface area contributed by atoms with Crippen molar-refractivity contribution in [2.24, 2.45) is 0 Å². The molecule has 0 unspecified atom stereocenters. The molecule has 0 atom stereocenters. The Kier molecular flexibility index (Phi) is 11.0. The summed E-state index contributed by atoms with van der Waals surface area (Å²) in [5, 5.41) is 8.44. The number of hydrogen-bond acceptors (Lipinski definition) is 3. The van der Waals surface area contributed by atoms with Crippen LogP contribution in [0.5, 0.6) is 5.75 Å². The maximum Gasteiger partial charge on any atom is 0.329 e. The second-order valence-corrected chi connectivity index (χ2v) is 5.81. The fourth-order valence-electron chi connectivity index (χ4n) is 2.42. The van der Waals surface area contributed by atoms with Gasteiger partial charge >= 0.3 is 5.97 Å². The molecule has 1 N–H and O–H groups in total. The van der Waals surface area contributed by atoms with Crippen LogP contribution in [0.4, 0.5) is 0 Å². The molecule has 0 heterocycles. The highest BCUT2D eigenvalue weighted by Gasteiger charge is 1.99. The molecule has 1 rings (SSSR count). The molecule has 0 spiro atoms. The third kappa shape index (κ3) is 10.7. The molecule has 4 heteroatoms. The quantitative estimate of drug-likeness (QED) is 0.514. The predicted octanol–water partition coefficient (Wildman–Crippen LogP) is 4.46. The van der Waals surface area contributed by atoms with Gasteiger partial charge in [0.1, 0.15) is 19.0 Å². The molecule has 0 aliphatic carbocycles. The van der Waals surface area contributed by atoms with Crippen LogP contribution in [0.1, 0.15) is 57.4 Å². The molecule has 0 aliphatic heterocycles. The van der Waals surface area contributed by atoms with Crippen molar-refractivity contribution in [3.05, 3.63) is 29.8 Å². The Labute approximate surface area is 139 Å². The van der Waals surface area contributed by atoms with Gasteiger partial charge in [-0.05, 0) is 30.5 Å². The van der Waals surface area contributed by atoms with Crippen LogP contribution < -0.4 is 4.74 Å². The van der Waals surface area contributed by atoms with Crippen LogP contribution in [0.15, 0.2) is 24.3 Å². The largest absolute Gasteiger partial charge is 0.491 e.